The molecule has 12 N–H and O–H groups in total. The number of carbonyl (C=O) groups excluding carboxylic acids is 9. The van der Waals surface area contributed by atoms with Gasteiger partial charge in [0.25, 0.3) is 5.91 Å². The van der Waals surface area contributed by atoms with Crippen LogP contribution in [-0.2, 0) is 95.7 Å². The van der Waals surface area contributed by atoms with Crippen molar-refractivity contribution in [1.82, 2.24) is 26.6 Å². The minimum absolute atomic E-state index is 0. The van der Waals surface area contributed by atoms with Crippen molar-refractivity contribution < 1.29 is 134 Å². The van der Waals surface area contributed by atoms with Gasteiger partial charge in [-0.1, -0.05) is 167 Å². The zero-order valence-corrected chi connectivity index (χ0v) is 72.8. The van der Waals surface area contributed by atoms with E-state index in [-0.39, 0.29) is 206 Å². The number of halogens is 3. The molecule has 5 amide bonds. The monoisotopic (exact) mass is 1790 g/mol. The Kier molecular flexibility index (Phi) is 86.5. The molecule has 0 aromatic rings. The lowest BCUT2D eigenvalue weighted by Gasteiger charge is -2.14. The normalized spacial score (nSPS) is 12.7. The van der Waals surface area contributed by atoms with Gasteiger partial charge >= 0.3 is 36.0 Å². The highest BCUT2D eigenvalue weighted by atomic mass is 32.2. The second-order valence-corrected chi connectivity index (χ2v) is 32.9. The molecule has 120 heavy (non-hydrogen) atoms. The van der Waals surface area contributed by atoms with Crippen LogP contribution in [0.25, 0.3) is 0 Å². The number of ether oxygens (including phenoxy) is 4. The number of carboxylic acid groups (broad SMARTS) is 5. The van der Waals surface area contributed by atoms with Crippen LogP contribution in [0.1, 0.15) is 271 Å². The van der Waals surface area contributed by atoms with E-state index in [1.807, 2.05) is 0 Å². The summed E-state index contributed by atoms with van der Waals surface area (Å²) >= 11 is 6.96. The molecular weight excluding hydrogens is 1650 g/mol. The molecule has 2 aliphatic rings. The summed E-state index contributed by atoms with van der Waals surface area (Å²) < 4.78 is 53.0. The maximum absolute atomic E-state index is 12.4. The van der Waals surface area contributed by atoms with Crippen LogP contribution in [-0.4, -0.2) is 260 Å². The minimum Gasteiger partial charge on any atom is -0.481 e. The Morgan fingerprint density at radius 2 is 0.742 bits per heavy atom. The molecule has 2 aliphatic heterocycles. The van der Waals surface area contributed by atoms with Crippen LogP contribution in [0.5, 0.6) is 0 Å². The highest BCUT2D eigenvalue weighted by Crippen LogP contribution is 2.22. The SMILES string of the molecule is C.NOCC(=O)CCCNC(=O)COCCOCCNC(=O)CC[C@H](NC(=O)CCCCCCCCCCCCCCCCC(=O)O)C(=O)O.O=C(O)C(F)(F)F.O=C(O)CCCCCCCCCCCCCCCCC(=O)C[C@@H](CCC(=O)NCCOCCOCC(=O)CCCNC(=O)CON=C1CSCSC1)C(=O)O.O=C1CSCSC1.[B]. The first-order chi connectivity index (χ1) is 56.7. The minimum atomic E-state index is -5.08. The zero-order valence-electron chi connectivity index (χ0n) is 69.6. The topological polar surface area (TPSA) is 494 Å². The number of unbranched alkanes of at least 4 members (excludes halogenated alkanes) is 26. The molecule has 40 heteroatoms. The van der Waals surface area contributed by atoms with Crippen LogP contribution in [0.3, 0.4) is 0 Å². The Morgan fingerprint density at radius 3 is 1.12 bits per heavy atom. The van der Waals surface area contributed by atoms with Gasteiger partial charge in [0.05, 0.1) is 62.8 Å². The predicted molar refractivity (Wildman–Crippen MR) is 460 cm³/mol. The number of ketones is 4. The number of Topliss-reactive ketones (excluding diaryl/α,β-unsaturated/α-hetero) is 4. The third-order valence-electron chi connectivity index (χ3n) is 17.5. The van der Waals surface area contributed by atoms with Crippen molar-refractivity contribution in [2.75, 3.05) is 125 Å². The Balaban J connectivity index is -0.000000950. The predicted octanol–water partition coefficient (Wildman–Crippen LogP) is 11.2. The molecule has 3 radical (unpaired) electrons. The number of hydrogen-bond donors (Lipinski definition) is 11. The van der Waals surface area contributed by atoms with Crippen LogP contribution >= 0.6 is 47.0 Å². The van der Waals surface area contributed by atoms with E-state index in [0.717, 1.165) is 122 Å². The number of nitrogens with zero attached hydrogens (tertiary/aromatic N) is 1. The fraction of sp³-hybridized carbons (Fsp3) is 0.812. The van der Waals surface area contributed by atoms with Crippen molar-refractivity contribution >= 4 is 144 Å². The van der Waals surface area contributed by atoms with Crippen LogP contribution in [0, 0.1) is 5.92 Å². The Hall–Kier alpha value is -6.14. The van der Waals surface area contributed by atoms with Gasteiger partial charge in [-0.15, -0.1) is 47.0 Å². The molecule has 0 spiro atoms. The average molecular weight is 1800 g/mol. The van der Waals surface area contributed by atoms with Crippen molar-refractivity contribution in [3.05, 3.63) is 0 Å². The lowest BCUT2D eigenvalue weighted by molar-refractivity contribution is -0.192. The molecule has 2 saturated heterocycles. The second-order valence-electron chi connectivity index (χ2n) is 28.2. The smallest absolute Gasteiger partial charge is 0.481 e. The van der Waals surface area contributed by atoms with Crippen LogP contribution in [0.4, 0.5) is 13.2 Å². The van der Waals surface area contributed by atoms with E-state index >= 15 is 0 Å². The number of aliphatic carboxylic acids is 5. The van der Waals surface area contributed by atoms with E-state index in [9.17, 15) is 85.7 Å². The lowest BCUT2D eigenvalue weighted by atomic mass is 9.94. The number of carboxylic acids is 5. The number of oxime groups is 1. The molecule has 2 rings (SSSR count). The van der Waals surface area contributed by atoms with Gasteiger partial charge in [0.2, 0.25) is 23.6 Å². The van der Waals surface area contributed by atoms with Crippen LogP contribution in [0.15, 0.2) is 5.16 Å². The molecular formula is C80H140BF3N7O25S4. The second kappa shape index (κ2) is 86.4. The number of amides is 5. The third kappa shape index (κ3) is 88.2. The number of alkyl halides is 3. The van der Waals surface area contributed by atoms with E-state index < -0.39 is 48.0 Å². The van der Waals surface area contributed by atoms with E-state index in [1.165, 1.54) is 89.9 Å². The summed E-state index contributed by atoms with van der Waals surface area (Å²) in [6, 6.07) is -1.13. The summed E-state index contributed by atoms with van der Waals surface area (Å²) in [6.45, 7) is 1.93. The molecule has 0 bridgehead atoms. The summed E-state index contributed by atoms with van der Waals surface area (Å²) in [4.78, 5) is 169. The first kappa shape index (κ1) is 120. The van der Waals surface area contributed by atoms with E-state index in [1.54, 1.807) is 47.0 Å². The van der Waals surface area contributed by atoms with Gasteiger partial charge in [0.15, 0.2) is 24.0 Å². The van der Waals surface area contributed by atoms with Crippen molar-refractivity contribution in [3.63, 3.8) is 0 Å². The molecule has 0 aromatic heterocycles. The number of nitrogens with two attached hydrogens (primary N) is 1. The molecule has 32 nitrogen and oxygen atoms in total. The summed E-state index contributed by atoms with van der Waals surface area (Å²) in [5.41, 5.74) is 0.931. The molecule has 2 atom stereocenters. The van der Waals surface area contributed by atoms with E-state index in [2.05, 4.69) is 36.6 Å². The van der Waals surface area contributed by atoms with Gasteiger partial charge in [0, 0.05) is 114 Å². The van der Waals surface area contributed by atoms with Crippen molar-refractivity contribution in [3.8, 4) is 0 Å². The average Bonchev–Trinajstić information content (AvgIpc) is 0.919. The molecule has 0 aliphatic carbocycles. The summed E-state index contributed by atoms with van der Waals surface area (Å²) in [5.74, 6) is -0.843. The van der Waals surface area contributed by atoms with Gasteiger partial charge < -0.3 is 75.9 Å². The van der Waals surface area contributed by atoms with Crippen LogP contribution < -0.4 is 32.5 Å². The number of hydrogen-bond acceptors (Lipinski definition) is 26. The Labute approximate surface area is 726 Å². The van der Waals surface area contributed by atoms with Gasteiger partial charge in [0.1, 0.15) is 31.6 Å². The molecule has 0 unspecified atom stereocenters. The van der Waals surface area contributed by atoms with E-state index in [4.69, 9.17) is 49.8 Å². The summed E-state index contributed by atoms with van der Waals surface area (Å²) in [5, 5.41) is 62.7. The van der Waals surface area contributed by atoms with Crippen molar-refractivity contribution in [1.29, 1.82) is 0 Å². The van der Waals surface area contributed by atoms with E-state index in [0.29, 0.717) is 44.6 Å². The molecule has 2 heterocycles. The third-order valence-corrected chi connectivity index (χ3v) is 22.3. The van der Waals surface area contributed by atoms with Crippen molar-refractivity contribution in [2.24, 2.45) is 17.0 Å². The highest BCUT2D eigenvalue weighted by Gasteiger charge is 2.38. The lowest BCUT2D eigenvalue weighted by Crippen LogP contribution is -2.41. The summed E-state index contributed by atoms with van der Waals surface area (Å²) in [7, 11) is 0. The maximum Gasteiger partial charge on any atom is 0.490 e. The van der Waals surface area contributed by atoms with Gasteiger partial charge in [-0.25, -0.2) is 15.5 Å². The number of thioether (sulfide) groups is 4. The Morgan fingerprint density at radius 1 is 0.392 bits per heavy atom. The van der Waals surface area contributed by atoms with Crippen molar-refractivity contribution in [2.45, 2.75) is 283 Å². The number of nitrogens with one attached hydrogen (secondary N) is 5. The first-order valence-electron chi connectivity index (χ1n) is 41.4. The number of rotatable bonds is 74. The largest absolute Gasteiger partial charge is 0.490 e. The van der Waals surface area contributed by atoms with Gasteiger partial charge in [-0.2, -0.15) is 13.2 Å². The Bertz CT molecular complexity index is 2780. The molecule has 0 saturated carbocycles. The van der Waals surface area contributed by atoms with Crippen LogP contribution in [0.2, 0.25) is 0 Å². The first-order valence-corrected chi connectivity index (χ1v) is 46.0. The van der Waals surface area contributed by atoms with Gasteiger partial charge in [-0.05, 0) is 51.4 Å². The molecule has 2 fully saturated rings. The molecule has 0 aromatic carbocycles. The zero-order chi connectivity index (χ0) is 87.8. The molecule has 693 valence electrons. The summed E-state index contributed by atoms with van der Waals surface area (Å²) in [6.07, 6.45) is 28.0. The fourth-order valence-electron chi connectivity index (χ4n) is 11.1. The standard InChI is InChI=1S/C39H67N3O11S2.C34H62N4O11.C4H6OS2.C2HF3O2.CH4.B/c43-34(16-13-11-9-7-5-3-1-2-4-6-8-10-12-14-18-38(47)48)26-32(39(49)50)19-20-36(45)41-22-23-51-24-25-52-27-35(44)17-15-21-40-37(46)28-53-42-33-29-54-31-55-30-33;35-49-26-28(39)16-15-21-36-32(42)27-48-25-24-47-23-22-37-30(40)20-19-29(34(45)46)38-31(41)17-13-11-9-7-5-3-1-2-4-6-8-10-12-14-18-33(43)44;5-4-1-6-3-7-2-4;3-2(4,5)1(6)7;;/h32H,1-31H2,(H,40,46)(H,41,45)(H,47,48)(H,49,50);29H,1-27,35H2,(H,36,42)(H,37,40)(H,38,41)(H,43,44)(H,45,46);1-3H2;(H,6,7);1H4;/t32-;29-;;;;/m10..../s1. The highest BCUT2D eigenvalue weighted by molar-refractivity contribution is 8.18. The number of carbonyl (C=O) groups is 14. The quantitative estimate of drug-likeness (QED) is 0.0153. The van der Waals surface area contributed by atoms with Gasteiger partial charge in [-0.3, -0.25) is 62.4 Å². The maximum atomic E-state index is 12.4. The fourth-order valence-corrected chi connectivity index (χ4v) is 15.1.